The zero-order valence-corrected chi connectivity index (χ0v) is 18.2. The minimum absolute atomic E-state index is 0.0547. The number of hydrogen-bond acceptors (Lipinski definition) is 5. The predicted octanol–water partition coefficient (Wildman–Crippen LogP) is 2.75. The van der Waals surface area contributed by atoms with E-state index < -0.39 is 10.0 Å². The van der Waals surface area contributed by atoms with Crippen LogP contribution in [-0.4, -0.2) is 30.1 Å². The Morgan fingerprint density at radius 2 is 1.84 bits per heavy atom. The number of sulfonamides is 1. The third-order valence-electron chi connectivity index (χ3n) is 5.01. The van der Waals surface area contributed by atoms with Crippen LogP contribution in [0.4, 0.5) is 5.69 Å². The fraction of sp³-hybridized carbons (Fsp3) is 0.273. The molecule has 0 radical (unpaired) electrons. The van der Waals surface area contributed by atoms with Crippen molar-refractivity contribution in [1.29, 1.82) is 0 Å². The molecular weight excluding hydrogens is 414 g/mol. The van der Waals surface area contributed by atoms with Gasteiger partial charge < -0.3 is 0 Å². The number of aromatic nitrogens is 2. The summed E-state index contributed by atoms with van der Waals surface area (Å²) >= 11 is 0. The third kappa shape index (κ3) is 5.31. The summed E-state index contributed by atoms with van der Waals surface area (Å²) in [5.74, 6) is -0.290. The van der Waals surface area contributed by atoms with Crippen LogP contribution in [-0.2, 0) is 16.6 Å². The van der Waals surface area contributed by atoms with Crippen molar-refractivity contribution >= 4 is 21.6 Å². The maximum atomic E-state index is 12.5. The van der Waals surface area contributed by atoms with Crippen LogP contribution < -0.4 is 15.6 Å². The van der Waals surface area contributed by atoms with Gasteiger partial charge in [0, 0.05) is 17.3 Å². The lowest BCUT2D eigenvalue weighted by atomic mass is 10.1. The summed E-state index contributed by atoms with van der Waals surface area (Å²) in [6, 6.07) is 15.7. The average Bonchev–Trinajstić information content (AvgIpc) is 3.49. The summed E-state index contributed by atoms with van der Waals surface area (Å²) in [5, 5.41) is 4.46. The molecule has 1 aliphatic rings. The van der Waals surface area contributed by atoms with Crippen molar-refractivity contribution in [1.82, 2.24) is 19.9 Å². The second-order valence-electron chi connectivity index (χ2n) is 7.78. The number of benzene rings is 2. The van der Waals surface area contributed by atoms with E-state index in [2.05, 4.69) is 20.7 Å². The quantitative estimate of drug-likeness (QED) is 0.468. The number of anilines is 1. The van der Waals surface area contributed by atoms with Crippen molar-refractivity contribution in [3.8, 4) is 0 Å². The molecular formula is C22H25N5O3S. The minimum Gasteiger partial charge on any atom is -0.298 e. The first-order valence-corrected chi connectivity index (χ1v) is 11.6. The molecule has 1 aromatic heterocycles. The van der Waals surface area contributed by atoms with Gasteiger partial charge in [0.2, 0.25) is 10.0 Å². The second-order valence-corrected chi connectivity index (χ2v) is 9.50. The van der Waals surface area contributed by atoms with E-state index >= 15 is 0 Å². The lowest BCUT2D eigenvalue weighted by molar-refractivity contribution is 0.0962. The van der Waals surface area contributed by atoms with Crippen LogP contribution >= 0.6 is 0 Å². The molecule has 31 heavy (non-hydrogen) atoms. The Bertz CT molecular complexity index is 1200. The van der Waals surface area contributed by atoms with Gasteiger partial charge in [-0.3, -0.25) is 20.3 Å². The average molecular weight is 440 g/mol. The molecule has 2 aromatic carbocycles. The van der Waals surface area contributed by atoms with Crippen molar-refractivity contribution in [2.75, 3.05) is 5.43 Å². The van der Waals surface area contributed by atoms with Crippen molar-refractivity contribution in [3.63, 3.8) is 0 Å². The van der Waals surface area contributed by atoms with Crippen LogP contribution in [0.5, 0.6) is 0 Å². The van der Waals surface area contributed by atoms with E-state index in [1.807, 2.05) is 42.8 Å². The van der Waals surface area contributed by atoms with E-state index in [1.54, 1.807) is 18.2 Å². The summed E-state index contributed by atoms with van der Waals surface area (Å²) in [4.78, 5) is 12.7. The lowest BCUT2D eigenvalue weighted by Crippen LogP contribution is -2.29. The highest BCUT2D eigenvalue weighted by atomic mass is 32.2. The molecule has 0 spiro atoms. The molecule has 1 saturated carbocycles. The molecule has 0 atom stereocenters. The zero-order chi connectivity index (χ0) is 22.0. The van der Waals surface area contributed by atoms with E-state index in [0.29, 0.717) is 17.8 Å². The first-order chi connectivity index (χ1) is 14.8. The molecule has 1 fully saturated rings. The maximum Gasteiger partial charge on any atom is 0.269 e. The molecule has 4 rings (SSSR count). The fourth-order valence-electron chi connectivity index (χ4n) is 3.23. The number of nitrogens with zero attached hydrogens (tertiary/aromatic N) is 2. The molecule has 3 aromatic rings. The van der Waals surface area contributed by atoms with Gasteiger partial charge in [-0.2, -0.15) is 5.10 Å². The Morgan fingerprint density at radius 3 is 2.48 bits per heavy atom. The number of hydrazine groups is 1. The molecule has 3 N–H and O–H groups in total. The van der Waals surface area contributed by atoms with E-state index in [9.17, 15) is 13.2 Å². The largest absolute Gasteiger partial charge is 0.298 e. The SMILES string of the molecule is Cc1cc(C)n(Cc2cccc(C(=O)NNc3ccc(S(=O)(=O)NC4CC4)cc3)c2)n1. The lowest BCUT2D eigenvalue weighted by Gasteiger charge is -2.11. The monoisotopic (exact) mass is 439 g/mol. The number of rotatable bonds is 8. The summed E-state index contributed by atoms with van der Waals surface area (Å²) in [6.07, 6.45) is 1.76. The molecule has 0 bridgehead atoms. The molecule has 9 heteroatoms. The van der Waals surface area contributed by atoms with Crippen LogP contribution in [0.25, 0.3) is 0 Å². The van der Waals surface area contributed by atoms with Gasteiger partial charge in [-0.1, -0.05) is 12.1 Å². The second kappa shape index (κ2) is 8.52. The molecule has 0 unspecified atom stereocenters. The van der Waals surface area contributed by atoms with Gasteiger partial charge in [-0.15, -0.1) is 0 Å². The molecule has 162 valence electrons. The van der Waals surface area contributed by atoms with Gasteiger partial charge in [0.25, 0.3) is 5.91 Å². The Morgan fingerprint density at radius 1 is 1.10 bits per heavy atom. The Hall–Kier alpha value is -3.17. The van der Waals surface area contributed by atoms with Crippen molar-refractivity contribution in [2.45, 2.75) is 44.2 Å². The highest BCUT2D eigenvalue weighted by molar-refractivity contribution is 7.89. The third-order valence-corrected chi connectivity index (χ3v) is 6.55. The normalized spacial score (nSPS) is 13.7. The van der Waals surface area contributed by atoms with E-state index in [4.69, 9.17) is 0 Å². The van der Waals surface area contributed by atoms with E-state index in [0.717, 1.165) is 29.8 Å². The predicted molar refractivity (Wildman–Crippen MR) is 118 cm³/mol. The van der Waals surface area contributed by atoms with Crippen LogP contribution in [0, 0.1) is 13.8 Å². The molecule has 0 aliphatic heterocycles. The van der Waals surface area contributed by atoms with Crippen molar-refractivity contribution in [2.24, 2.45) is 0 Å². The Labute approximate surface area is 181 Å². The number of carbonyl (C=O) groups is 1. The van der Waals surface area contributed by atoms with Gasteiger partial charge in [-0.05, 0) is 74.7 Å². The molecule has 1 amide bonds. The summed E-state index contributed by atoms with van der Waals surface area (Å²) in [5.41, 5.74) is 9.55. The highest BCUT2D eigenvalue weighted by Crippen LogP contribution is 2.22. The van der Waals surface area contributed by atoms with Crippen LogP contribution in [0.2, 0.25) is 0 Å². The first-order valence-electron chi connectivity index (χ1n) is 10.1. The van der Waals surface area contributed by atoms with Crippen LogP contribution in [0.3, 0.4) is 0 Å². The van der Waals surface area contributed by atoms with E-state index in [-0.39, 0.29) is 16.8 Å². The number of nitrogens with one attached hydrogen (secondary N) is 3. The van der Waals surface area contributed by atoms with Crippen LogP contribution in [0.1, 0.15) is 40.2 Å². The topological polar surface area (TPSA) is 105 Å². The van der Waals surface area contributed by atoms with Crippen molar-refractivity contribution < 1.29 is 13.2 Å². The number of carbonyl (C=O) groups excluding carboxylic acids is 1. The van der Waals surface area contributed by atoms with Gasteiger partial charge >= 0.3 is 0 Å². The summed E-state index contributed by atoms with van der Waals surface area (Å²) < 4.78 is 29.0. The maximum absolute atomic E-state index is 12.5. The fourth-order valence-corrected chi connectivity index (χ4v) is 4.53. The first kappa shape index (κ1) is 21.1. The number of aryl methyl sites for hydroxylation is 2. The smallest absolute Gasteiger partial charge is 0.269 e. The minimum atomic E-state index is -3.49. The number of hydrogen-bond donors (Lipinski definition) is 3. The van der Waals surface area contributed by atoms with Gasteiger partial charge in [0.15, 0.2) is 0 Å². The zero-order valence-electron chi connectivity index (χ0n) is 17.4. The Kier molecular flexibility index (Phi) is 5.79. The molecule has 1 aliphatic carbocycles. The molecule has 0 saturated heterocycles. The van der Waals surface area contributed by atoms with Crippen molar-refractivity contribution in [3.05, 3.63) is 77.1 Å². The van der Waals surface area contributed by atoms with Crippen LogP contribution in [0.15, 0.2) is 59.5 Å². The highest BCUT2D eigenvalue weighted by Gasteiger charge is 2.27. The summed E-state index contributed by atoms with van der Waals surface area (Å²) in [7, 11) is -3.49. The molecule has 8 nitrogen and oxygen atoms in total. The van der Waals surface area contributed by atoms with Gasteiger partial charge in [0.05, 0.1) is 22.8 Å². The van der Waals surface area contributed by atoms with E-state index in [1.165, 1.54) is 12.1 Å². The standard InChI is InChI=1S/C22H25N5O3S/c1-15-12-16(2)27(25-15)14-17-4-3-5-18(13-17)22(28)24-23-19-8-10-21(11-9-19)31(29,30)26-20-6-7-20/h3-5,8-13,20,23,26H,6-7,14H2,1-2H3,(H,24,28). The Balaban J connectivity index is 1.37. The van der Waals surface area contributed by atoms with Gasteiger partial charge in [-0.25, -0.2) is 13.1 Å². The number of amides is 1. The van der Waals surface area contributed by atoms with Gasteiger partial charge in [0.1, 0.15) is 0 Å². The summed E-state index contributed by atoms with van der Waals surface area (Å²) in [6.45, 7) is 4.53. The molecule has 1 heterocycles.